The van der Waals surface area contributed by atoms with Crippen LogP contribution in [0.2, 0.25) is 0 Å². The molecule has 1 aromatic rings. The molecule has 0 saturated heterocycles. The van der Waals surface area contributed by atoms with E-state index in [0.717, 1.165) is 0 Å². The molecule has 9 nitrogen and oxygen atoms in total. The lowest BCUT2D eigenvalue weighted by Gasteiger charge is -2.38. The van der Waals surface area contributed by atoms with Gasteiger partial charge in [0.25, 0.3) is 0 Å². The van der Waals surface area contributed by atoms with Gasteiger partial charge in [0.2, 0.25) is 5.75 Å². The molecule has 0 unspecified atom stereocenters. The van der Waals surface area contributed by atoms with Crippen LogP contribution in [-0.4, -0.2) is 52.8 Å². The summed E-state index contributed by atoms with van der Waals surface area (Å²) in [5, 5.41) is 3.24. The lowest BCUT2D eigenvalue weighted by atomic mass is 9.69. The zero-order valence-electron chi connectivity index (χ0n) is 21.3. The number of nitrogens with one attached hydrogen (secondary N) is 1. The topological polar surface area (TPSA) is 109 Å². The van der Waals surface area contributed by atoms with Gasteiger partial charge in [-0.3, -0.25) is 9.59 Å². The third kappa shape index (κ3) is 4.72. The fourth-order valence-electron chi connectivity index (χ4n) is 4.82. The monoisotopic (exact) mass is 487 g/mol. The highest BCUT2D eigenvalue weighted by molar-refractivity contribution is 6.12. The van der Waals surface area contributed by atoms with E-state index in [1.54, 1.807) is 19.1 Å². The number of benzene rings is 1. The van der Waals surface area contributed by atoms with E-state index in [1.165, 1.54) is 28.4 Å². The van der Waals surface area contributed by atoms with Gasteiger partial charge in [0.1, 0.15) is 5.92 Å². The van der Waals surface area contributed by atoms with Crippen molar-refractivity contribution in [2.45, 2.75) is 39.5 Å². The minimum absolute atomic E-state index is 0.235. The van der Waals surface area contributed by atoms with E-state index >= 15 is 0 Å². The maximum Gasteiger partial charge on any atom is 0.336 e. The molecule has 1 aliphatic heterocycles. The molecule has 1 aliphatic carbocycles. The van der Waals surface area contributed by atoms with Gasteiger partial charge in [-0.15, -0.1) is 0 Å². The fraction of sp³-hybridized carbons (Fsp3) is 0.500. The first-order chi connectivity index (χ1) is 16.7. The molecule has 1 N–H and O–H groups in total. The Hall–Kier alpha value is -3.49. The molecule has 0 saturated carbocycles. The summed E-state index contributed by atoms with van der Waals surface area (Å²) in [7, 11) is 5.74. The highest BCUT2D eigenvalue weighted by Gasteiger charge is 2.47. The second-order valence-electron chi connectivity index (χ2n) is 8.63. The highest BCUT2D eigenvalue weighted by atomic mass is 16.5. The van der Waals surface area contributed by atoms with E-state index in [1.807, 2.05) is 13.8 Å². The van der Waals surface area contributed by atoms with Gasteiger partial charge in [0.15, 0.2) is 17.3 Å². The number of Topliss-reactive ketones (excluding diaryl/α,β-unsaturated/α-hetero) is 1. The van der Waals surface area contributed by atoms with Crippen LogP contribution in [0.3, 0.4) is 0 Å². The van der Waals surface area contributed by atoms with Crippen molar-refractivity contribution >= 4 is 17.7 Å². The molecule has 0 fully saturated rings. The van der Waals surface area contributed by atoms with Gasteiger partial charge in [-0.25, -0.2) is 4.79 Å². The predicted molar refractivity (Wildman–Crippen MR) is 127 cm³/mol. The van der Waals surface area contributed by atoms with Crippen molar-refractivity contribution in [2.24, 2.45) is 11.8 Å². The zero-order chi connectivity index (χ0) is 25.9. The van der Waals surface area contributed by atoms with Gasteiger partial charge in [0, 0.05) is 22.9 Å². The van der Waals surface area contributed by atoms with Crippen LogP contribution in [-0.2, 0) is 23.9 Å². The Morgan fingerprint density at radius 3 is 2.20 bits per heavy atom. The lowest BCUT2D eigenvalue weighted by Crippen LogP contribution is -2.43. The molecule has 1 aromatic carbocycles. The number of dihydropyridines is 1. The fourth-order valence-corrected chi connectivity index (χ4v) is 4.82. The number of esters is 2. The first kappa shape index (κ1) is 26.1. The van der Waals surface area contributed by atoms with E-state index in [2.05, 4.69) is 5.32 Å². The number of ketones is 1. The third-order valence-electron chi connectivity index (χ3n) is 6.42. The molecule has 35 heavy (non-hydrogen) atoms. The van der Waals surface area contributed by atoms with E-state index in [9.17, 15) is 14.4 Å². The minimum atomic E-state index is -0.976. The normalized spacial score (nSPS) is 21.7. The van der Waals surface area contributed by atoms with Crippen LogP contribution in [0.25, 0.3) is 0 Å². The Kier molecular flexibility index (Phi) is 8.09. The van der Waals surface area contributed by atoms with Crippen LogP contribution in [0.15, 0.2) is 34.7 Å². The number of carbonyl (C=O) groups excluding carboxylic acids is 3. The van der Waals surface area contributed by atoms with Crippen LogP contribution in [0.1, 0.15) is 45.1 Å². The maximum absolute atomic E-state index is 13.8. The summed E-state index contributed by atoms with van der Waals surface area (Å²) < 4.78 is 26.9. The summed E-state index contributed by atoms with van der Waals surface area (Å²) in [4.78, 5) is 39.6. The standard InChI is InChI=1S/C26H33NO8/c1-8-9-35-26(30)20-14(3)27-16-10-13(2)19(25(29)34-7)23(28)22(16)21(20)15-11-17(31-4)24(33-6)18(12-15)32-5/h11-13,19,21,27H,8-10H2,1-7H3/t13-,19-,21+/m0/s1. The molecule has 0 aromatic heterocycles. The first-order valence-corrected chi connectivity index (χ1v) is 11.5. The van der Waals surface area contributed by atoms with Gasteiger partial charge < -0.3 is 29.0 Å². The van der Waals surface area contributed by atoms with Gasteiger partial charge in [0.05, 0.1) is 40.6 Å². The van der Waals surface area contributed by atoms with Gasteiger partial charge in [-0.05, 0) is 43.4 Å². The molecular weight excluding hydrogens is 454 g/mol. The predicted octanol–water partition coefficient (Wildman–Crippen LogP) is 3.28. The smallest absolute Gasteiger partial charge is 0.336 e. The molecule has 2 aliphatic rings. The Morgan fingerprint density at radius 2 is 1.69 bits per heavy atom. The average molecular weight is 488 g/mol. The molecule has 3 atom stereocenters. The third-order valence-corrected chi connectivity index (χ3v) is 6.42. The second-order valence-corrected chi connectivity index (χ2v) is 8.63. The quantitative estimate of drug-likeness (QED) is 0.436. The number of rotatable bonds is 8. The van der Waals surface area contributed by atoms with E-state index in [-0.39, 0.29) is 23.9 Å². The Bertz CT molecular complexity index is 1060. The lowest BCUT2D eigenvalue weighted by molar-refractivity contribution is -0.151. The number of ether oxygens (including phenoxy) is 5. The Morgan fingerprint density at radius 1 is 1.06 bits per heavy atom. The van der Waals surface area contributed by atoms with Crippen LogP contribution in [0.4, 0.5) is 0 Å². The maximum atomic E-state index is 13.8. The van der Waals surface area contributed by atoms with Crippen molar-refractivity contribution in [3.8, 4) is 17.2 Å². The summed E-state index contributed by atoms with van der Waals surface area (Å²) in [6, 6.07) is 3.42. The average Bonchev–Trinajstić information content (AvgIpc) is 2.85. The van der Waals surface area contributed by atoms with Crippen LogP contribution in [0.5, 0.6) is 17.2 Å². The summed E-state index contributed by atoms with van der Waals surface area (Å²) in [5.74, 6) is -2.44. The number of allylic oxidation sites excluding steroid dienone is 3. The van der Waals surface area contributed by atoms with Crippen molar-refractivity contribution in [3.05, 3.63) is 40.2 Å². The molecule has 3 rings (SSSR count). The molecule has 9 heteroatoms. The molecular formula is C26H33NO8. The number of carbonyl (C=O) groups is 3. The van der Waals surface area contributed by atoms with E-state index < -0.39 is 23.8 Å². The van der Waals surface area contributed by atoms with Crippen molar-refractivity contribution in [2.75, 3.05) is 35.0 Å². The molecule has 1 heterocycles. The van der Waals surface area contributed by atoms with Gasteiger partial charge >= 0.3 is 11.9 Å². The molecule has 0 spiro atoms. The van der Waals surface area contributed by atoms with Crippen LogP contribution >= 0.6 is 0 Å². The number of hydrogen-bond donors (Lipinski definition) is 1. The van der Waals surface area contributed by atoms with Gasteiger partial charge in [-0.2, -0.15) is 0 Å². The van der Waals surface area contributed by atoms with Crippen molar-refractivity contribution in [1.82, 2.24) is 5.32 Å². The first-order valence-electron chi connectivity index (χ1n) is 11.5. The number of methoxy groups -OCH3 is 4. The summed E-state index contributed by atoms with van der Waals surface area (Å²) in [6.45, 7) is 5.75. The van der Waals surface area contributed by atoms with Crippen molar-refractivity contribution < 1.29 is 38.1 Å². The van der Waals surface area contributed by atoms with Crippen molar-refractivity contribution in [1.29, 1.82) is 0 Å². The highest BCUT2D eigenvalue weighted by Crippen LogP contribution is 2.48. The zero-order valence-corrected chi connectivity index (χ0v) is 21.3. The molecule has 0 radical (unpaired) electrons. The second kappa shape index (κ2) is 10.8. The molecule has 190 valence electrons. The summed E-state index contributed by atoms with van der Waals surface area (Å²) in [5.41, 5.74) is 2.45. The van der Waals surface area contributed by atoms with E-state index in [0.29, 0.717) is 52.6 Å². The SMILES string of the molecule is CCCOC(=O)C1=C(C)NC2=C(C(=O)[C@@H](C(=O)OC)[C@@H](C)C2)[C@@H]1c1cc(OC)c(OC)c(OC)c1. The van der Waals surface area contributed by atoms with Gasteiger partial charge in [-0.1, -0.05) is 13.8 Å². The van der Waals surface area contributed by atoms with Crippen LogP contribution < -0.4 is 19.5 Å². The Balaban J connectivity index is 2.27. The largest absolute Gasteiger partial charge is 0.493 e. The minimum Gasteiger partial charge on any atom is -0.493 e. The van der Waals surface area contributed by atoms with E-state index in [4.69, 9.17) is 23.7 Å². The van der Waals surface area contributed by atoms with Crippen LogP contribution in [0, 0.1) is 11.8 Å². The van der Waals surface area contributed by atoms with Crippen molar-refractivity contribution in [3.63, 3.8) is 0 Å². The summed E-state index contributed by atoms with van der Waals surface area (Å²) in [6.07, 6.45) is 1.09. The molecule has 0 bridgehead atoms. The molecule has 0 amide bonds. The number of hydrogen-bond acceptors (Lipinski definition) is 9. The summed E-state index contributed by atoms with van der Waals surface area (Å²) >= 11 is 0. The Labute approximate surface area is 205 Å².